The van der Waals surface area contributed by atoms with Crippen molar-refractivity contribution in [2.75, 3.05) is 6.54 Å². The van der Waals surface area contributed by atoms with Crippen molar-refractivity contribution in [3.8, 4) is 0 Å². The quantitative estimate of drug-likeness (QED) is 0.0681. The minimum atomic E-state index is -1.01. The number of carbonyl (C=O) groups excluding carboxylic acids is 3. The zero-order chi connectivity index (χ0) is 33.7. The SMILES string of the molecule is CC(C)(C)OC(=O)NCc1ccc(CN(C(=O)C(c2ccccc2)c2ccccc2)[C@H](CCCNC(N)=N[N+](=O)[O-])C(N)=O)cc1. The van der Waals surface area contributed by atoms with Gasteiger partial charge in [0.15, 0.2) is 5.03 Å². The number of primary amides is 1. The first kappa shape index (κ1) is 35.0. The molecule has 6 N–H and O–H groups in total. The summed E-state index contributed by atoms with van der Waals surface area (Å²) >= 11 is 0. The molecule has 46 heavy (non-hydrogen) atoms. The summed E-state index contributed by atoms with van der Waals surface area (Å²) in [6, 6.07) is 24.8. The molecule has 0 aromatic heterocycles. The Balaban J connectivity index is 1.90. The van der Waals surface area contributed by atoms with Crippen molar-refractivity contribution in [2.45, 2.75) is 64.3 Å². The number of nitrogens with zero attached hydrogens (tertiary/aromatic N) is 3. The molecular weight excluding hydrogens is 590 g/mol. The van der Waals surface area contributed by atoms with Gasteiger partial charge in [-0.3, -0.25) is 9.59 Å². The van der Waals surface area contributed by atoms with Crippen LogP contribution in [-0.4, -0.2) is 52.0 Å². The number of guanidine groups is 1. The summed E-state index contributed by atoms with van der Waals surface area (Å²) in [6.45, 7) is 5.82. The summed E-state index contributed by atoms with van der Waals surface area (Å²) in [4.78, 5) is 51.6. The number of nitrogens with two attached hydrogens (primary N) is 2. The van der Waals surface area contributed by atoms with Crippen LogP contribution in [0.1, 0.15) is 61.8 Å². The van der Waals surface area contributed by atoms with Crippen LogP contribution in [0, 0.1) is 10.1 Å². The lowest BCUT2D eigenvalue weighted by Gasteiger charge is -2.33. The molecule has 13 nitrogen and oxygen atoms in total. The average molecular weight is 632 g/mol. The van der Waals surface area contributed by atoms with E-state index in [1.165, 1.54) is 4.90 Å². The van der Waals surface area contributed by atoms with Crippen molar-refractivity contribution in [3.63, 3.8) is 0 Å². The van der Waals surface area contributed by atoms with E-state index in [1.807, 2.05) is 84.9 Å². The smallest absolute Gasteiger partial charge is 0.407 e. The number of hydrazone groups is 1. The topological polar surface area (TPSA) is 195 Å². The Kier molecular flexibility index (Phi) is 12.6. The van der Waals surface area contributed by atoms with Crippen LogP contribution < -0.4 is 22.1 Å². The number of benzene rings is 3. The fourth-order valence-corrected chi connectivity index (χ4v) is 4.81. The molecule has 0 aliphatic heterocycles. The van der Waals surface area contributed by atoms with Gasteiger partial charge in [-0.1, -0.05) is 84.9 Å². The van der Waals surface area contributed by atoms with Crippen molar-refractivity contribution in [2.24, 2.45) is 16.6 Å². The summed E-state index contributed by atoms with van der Waals surface area (Å²) in [5.41, 5.74) is 13.9. The minimum absolute atomic E-state index is 0.0702. The second kappa shape index (κ2) is 16.6. The predicted octanol–water partition coefficient (Wildman–Crippen LogP) is 3.60. The van der Waals surface area contributed by atoms with E-state index in [9.17, 15) is 24.5 Å². The van der Waals surface area contributed by atoms with E-state index in [-0.39, 0.29) is 37.9 Å². The number of amides is 3. The molecule has 0 aliphatic rings. The highest BCUT2D eigenvalue weighted by Gasteiger charge is 2.34. The Morgan fingerprint density at radius 2 is 1.43 bits per heavy atom. The first-order valence-electron chi connectivity index (χ1n) is 14.8. The van der Waals surface area contributed by atoms with Crippen molar-refractivity contribution in [1.82, 2.24) is 15.5 Å². The number of nitrogens with one attached hydrogen (secondary N) is 2. The van der Waals surface area contributed by atoms with Gasteiger partial charge >= 0.3 is 6.09 Å². The van der Waals surface area contributed by atoms with Crippen LogP contribution in [0.3, 0.4) is 0 Å². The molecule has 0 spiro atoms. The van der Waals surface area contributed by atoms with Crippen molar-refractivity contribution >= 4 is 23.9 Å². The summed E-state index contributed by atoms with van der Waals surface area (Å²) < 4.78 is 5.29. The molecule has 3 amide bonds. The van der Waals surface area contributed by atoms with Gasteiger partial charge in [0.1, 0.15) is 16.7 Å². The van der Waals surface area contributed by atoms with Crippen LogP contribution in [0.5, 0.6) is 0 Å². The molecule has 1 atom stereocenters. The van der Waals surface area contributed by atoms with Crippen LogP contribution in [0.25, 0.3) is 0 Å². The number of carbonyl (C=O) groups is 3. The summed E-state index contributed by atoms with van der Waals surface area (Å²) in [5, 5.41) is 18.0. The number of nitro groups is 1. The lowest BCUT2D eigenvalue weighted by atomic mass is 9.89. The van der Waals surface area contributed by atoms with Crippen LogP contribution >= 0.6 is 0 Å². The Morgan fingerprint density at radius 1 is 0.891 bits per heavy atom. The van der Waals surface area contributed by atoms with Gasteiger partial charge in [-0.25, -0.2) is 14.9 Å². The van der Waals surface area contributed by atoms with E-state index in [0.29, 0.717) is 6.42 Å². The van der Waals surface area contributed by atoms with Gasteiger partial charge in [-0.05, 0) is 55.9 Å². The summed E-state index contributed by atoms with van der Waals surface area (Å²) in [6.07, 6.45) is -0.0675. The largest absolute Gasteiger partial charge is 0.444 e. The van der Waals surface area contributed by atoms with Crippen LogP contribution in [0.4, 0.5) is 4.79 Å². The van der Waals surface area contributed by atoms with Crippen LogP contribution in [-0.2, 0) is 27.4 Å². The summed E-state index contributed by atoms with van der Waals surface area (Å²) in [7, 11) is 0. The maximum atomic E-state index is 14.5. The molecule has 3 aromatic rings. The van der Waals surface area contributed by atoms with Gasteiger partial charge < -0.3 is 31.7 Å². The summed E-state index contributed by atoms with van der Waals surface area (Å²) in [5.74, 6) is -2.11. The maximum absolute atomic E-state index is 14.5. The van der Waals surface area contributed by atoms with Crippen molar-refractivity contribution in [1.29, 1.82) is 0 Å². The Hall–Kier alpha value is -5.46. The van der Waals surface area contributed by atoms with Crippen molar-refractivity contribution in [3.05, 3.63) is 117 Å². The van der Waals surface area contributed by atoms with E-state index in [0.717, 1.165) is 22.3 Å². The second-order valence-electron chi connectivity index (χ2n) is 11.6. The first-order valence-corrected chi connectivity index (χ1v) is 14.8. The molecule has 0 fully saturated rings. The monoisotopic (exact) mass is 631 g/mol. The Morgan fingerprint density at radius 3 is 1.93 bits per heavy atom. The molecule has 0 heterocycles. The molecule has 0 aliphatic carbocycles. The molecule has 3 aromatic carbocycles. The molecule has 0 bridgehead atoms. The van der Waals surface area contributed by atoms with Gasteiger partial charge in [-0.15, -0.1) is 0 Å². The molecule has 0 radical (unpaired) electrons. The van der Waals surface area contributed by atoms with Gasteiger partial charge in [0, 0.05) is 19.6 Å². The highest BCUT2D eigenvalue weighted by atomic mass is 16.7. The zero-order valence-corrected chi connectivity index (χ0v) is 26.2. The first-order chi connectivity index (χ1) is 21.8. The third kappa shape index (κ3) is 11.2. The molecular formula is C33H41N7O6. The third-order valence-electron chi connectivity index (χ3n) is 6.86. The average Bonchev–Trinajstić information content (AvgIpc) is 2.99. The lowest BCUT2D eigenvalue weighted by Crippen LogP contribution is -2.49. The normalized spacial score (nSPS) is 12.2. The molecule has 0 saturated carbocycles. The maximum Gasteiger partial charge on any atom is 0.407 e. The number of hydrogen-bond acceptors (Lipinski definition) is 6. The number of rotatable bonds is 14. The highest BCUT2D eigenvalue weighted by Crippen LogP contribution is 2.29. The van der Waals surface area contributed by atoms with Crippen LogP contribution in [0.2, 0.25) is 0 Å². The number of alkyl carbamates (subject to hydrolysis) is 1. The van der Waals surface area contributed by atoms with Gasteiger partial charge in [0.05, 0.1) is 5.92 Å². The highest BCUT2D eigenvalue weighted by molar-refractivity contribution is 5.92. The number of hydrogen-bond donors (Lipinski definition) is 4. The predicted molar refractivity (Wildman–Crippen MR) is 174 cm³/mol. The van der Waals surface area contributed by atoms with Gasteiger partial charge in [-0.2, -0.15) is 0 Å². The molecule has 244 valence electrons. The molecule has 3 rings (SSSR count). The second-order valence-corrected chi connectivity index (χ2v) is 11.6. The molecule has 0 unspecified atom stereocenters. The Labute approximate surface area is 268 Å². The fourth-order valence-electron chi connectivity index (χ4n) is 4.81. The van der Waals surface area contributed by atoms with Gasteiger partial charge in [0.2, 0.25) is 11.8 Å². The standard InChI is InChI=1S/C33H41N7O6/c1-33(2,3)46-32(43)37-21-23-16-18-24(19-17-23)22-39(27(29(34)41)15-10-20-36-31(35)38-40(44)45)30(42)28(25-11-6-4-7-12-25)26-13-8-5-9-14-26/h4-9,11-14,16-19,27-28H,10,15,20-22H2,1-3H3,(H2,34,41)(H,37,43)(H3,35,36,38)/t27-/m1/s1. The fraction of sp³-hybridized carbons (Fsp3) is 0.333. The van der Waals surface area contributed by atoms with E-state index in [1.54, 1.807) is 20.8 Å². The van der Waals surface area contributed by atoms with Gasteiger partial charge in [0.25, 0.3) is 5.96 Å². The molecule has 0 saturated heterocycles. The Bertz CT molecular complexity index is 1450. The van der Waals surface area contributed by atoms with E-state index < -0.39 is 34.6 Å². The van der Waals surface area contributed by atoms with Crippen molar-refractivity contribution < 1.29 is 24.2 Å². The van der Waals surface area contributed by atoms with E-state index >= 15 is 0 Å². The van der Waals surface area contributed by atoms with E-state index in [4.69, 9.17) is 16.2 Å². The third-order valence-corrected chi connectivity index (χ3v) is 6.86. The van der Waals surface area contributed by atoms with E-state index in [2.05, 4.69) is 15.7 Å². The lowest BCUT2D eigenvalue weighted by molar-refractivity contribution is -0.485. The number of ether oxygens (including phenoxy) is 1. The minimum Gasteiger partial charge on any atom is -0.444 e. The van der Waals surface area contributed by atoms with Crippen LogP contribution in [0.15, 0.2) is 90.0 Å². The molecule has 13 heteroatoms. The zero-order valence-electron chi connectivity index (χ0n) is 26.2.